The summed E-state index contributed by atoms with van der Waals surface area (Å²) < 4.78 is 22.3. The van der Waals surface area contributed by atoms with Crippen molar-refractivity contribution in [2.45, 2.75) is 76.6 Å². The van der Waals surface area contributed by atoms with Crippen molar-refractivity contribution in [3.63, 3.8) is 0 Å². The molecule has 0 aromatic heterocycles. The zero-order valence-corrected chi connectivity index (χ0v) is 22.0. The number of carbonyl (C=O) groups is 3. The highest BCUT2D eigenvalue weighted by Gasteiger charge is 2.39. The molecule has 0 bridgehead atoms. The maximum Gasteiger partial charge on any atom is 0.407 e. The second-order valence-electron chi connectivity index (χ2n) is 9.34. The molecule has 0 saturated carbocycles. The van der Waals surface area contributed by atoms with E-state index in [0.717, 1.165) is 5.56 Å². The fourth-order valence-electron chi connectivity index (χ4n) is 3.59. The van der Waals surface area contributed by atoms with Crippen LogP contribution >= 0.6 is 11.8 Å². The van der Waals surface area contributed by atoms with Gasteiger partial charge in [0.15, 0.2) is 6.10 Å². The van der Waals surface area contributed by atoms with Gasteiger partial charge >= 0.3 is 12.1 Å². The molecular formula is C25H38N2O7S. The van der Waals surface area contributed by atoms with Crippen molar-refractivity contribution in [1.82, 2.24) is 10.6 Å². The summed E-state index contributed by atoms with van der Waals surface area (Å²) in [7, 11) is 1.29. The van der Waals surface area contributed by atoms with Crippen LogP contribution in [-0.2, 0) is 35.1 Å². The standard InChI is InChI=1S/C25H38N2O7S/c1-25(2,3)34-24(30)26-15-18-11-12-20(32-16-17-9-7-6-8-10-17)21(33-18)22(28)27-19(13-14-35-5)23(29)31-4/h6-10,18-21H,11-16H2,1-5H3,(H,26,30)(H,27,28)/t18-,19-,20-,21-/m0/s1. The largest absolute Gasteiger partial charge is 0.467 e. The summed E-state index contributed by atoms with van der Waals surface area (Å²) in [5, 5.41) is 5.47. The van der Waals surface area contributed by atoms with Crippen molar-refractivity contribution in [2.75, 3.05) is 25.7 Å². The second-order valence-corrected chi connectivity index (χ2v) is 10.3. The molecule has 1 aliphatic heterocycles. The number of esters is 1. The SMILES string of the molecule is COC(=O)[C@H](CCSC)NC(=O)[C@H]1O[C@H](CNC(=O)OC(C)(C)C)CC[C@@H]1OCc1ccccc1. The fraction of sp³-hybridized carbons (Fsp3) is 0.640. The van der Waals surface area contributed by atoms with Gasteiger partial charge in [-0.05, 0) is 57.6 Å². The highest BCUT2D eigenvalue weighted by molar-refractivity contribution is 7.98. The minimum atomic E-state index is -0.945. The number of methoxy groups -OCH3 is 1. The molecule has 2 rings (SSSR count). The molecule has 0 unspecified atom stereocenters. The minimum Gasteiger partial charge on any atom is -0.467 e. The second kappa shape index (κ2) is 14.3. The number of ether oxygens (including phenoxy) is 4. The van der Waals surface area contributed by atoms with E-state index in [9.17, 15) is 14.4 Å². The predicted octanol–water partition coefficient (Wildman–Crippen LogP) is 3.06. The first-order valence-electron chi connectivity index (χ1n) is 11.8. The quantitative estimate of drug-likeness (QED) is 0.437. The summed E-state index contributed by atoms with van der Waals surface area (Å²) in [6.07, 6.45) is 1.10. The van der Waals surface area contributed by atoms with E-state index in [1.54, 1.807) is 32.5 Å². The molecule has 2 amide bonds. The summed E-state index contributed by atoms with van der Waals surface area (Å²) in [6.45, 7) is 5.87. The smallest absolute Gasteiger partial charge is 0.407 e. The van der Waals surface area contributed by atoms with Crippen LogP contribution in [0.3, 0.4) is 0 Å². The van der Waals surface area contributed by atoms with Crippen LogP contribution in [0.4, 0.5) is 4.79 Å². The predicted molar refractivity (Wildman–Crippen MR) is 134 cm³/mol. The maximum absolute atomic E-state index is 13.2. The van der Waals surface area contributed by atoms with Gasteiger partial charge in [0, 0.05) is 6.54 Å². The molecule has 1 aliphatic rings. The number of nitrogens with one attached hydrogen (secondary N) is 2. The molecule has 196 valence electrons. The molecule has 9 nitrogen and oxygen atoms in total. The molecule has 0 spiro atoms. The number of alkyl carbamates (subject to hydrolysis) is 1. The van der Waals surface area contributed by atoms with E-state index >= 15 is 0 Å². The first-order chi connectivity index (χ1) is 16.6. The van der Waals surface area contributed by atoms with Gasteiger partial charge in [-0.25, -0.2) is 9.59 Å². The molecule has 2 N–H and O–H groups in total. The molecule has 1 heterocycles. The van der Waals surface area contributed by atoms with Crippen LogP contribution in [0.25, 0.3) is 0 Å². The fourth-order valence-corrected chi connectivity index (χ4v) is 4.06. The Hall–Kier alpha value is -2.30. The van der Waals surface area contributed by atoms with E-state index in [4.69, 9.17) is 18.9 Å². The molecule has 4 atom stereocenters. The number of carbonyl (C=O) groups excluding carboxylic acids is 3. The van der Waals surface area contributed by atoms with E-state index in [1.807, 2.05) is 36.6 Å². The Labute approximate surface area is 212 Å². The lowest BCUT2D eigenvalue weighted by atomic mass is 9.99. The van der Waals surface area contributed by atoms with E-state index in [2.05, 4.69) is 10.6 Å². The highest BCUT2D eigenvalue weighted by Crippen LogP contribution is 2.24. The zero-order chi connectivity index (χ0) is 25.8. The van der Waals surface area contributed by atoms with Crippen molar-refractivity contribution in [2.24, 2.45) is 0 Å². The van der Waals surface area contributed by atoms with Crippen LogP contribution in [0.1, 0.15) is 45.6 Å². The number of thioether (sulfide) groups is 1. The summed E-state index contributed by atoms with van der Waals surface area (Å²) >= 11 is 1.57. The molecule has 1 fully saturated rings. The number of hydrogen-bond donors (Lipinski definition) is 2. The Morgan fingerprint density at radius 1 is 1.17 bits per heavy atom. The average Bonchev–Trinajstić information content (AvgIpc) is 2.83. The highest BCUT2D eigenvalue weighted by atomic mass is 32.2. The van der Waals surface area contributed by atoms with Gasteiger partial charge in [-0.15, -0.1) is 0 Å². The van der Waals surface area contributed by atoms with Crippen molar-refractivity contribution in [1.29, 1.82) is 0 Å². The Morgan fingerprint density at radius 3 is 2.51 bits per heavy atom. The van der Waals surface area contributed by atoms with Crippen molar-refractivity contribution >= 4 is 29.7 Å². The Morgan fingerprint density at radius 2 is 1.89 bits per heavy atom. The number of hydrogen-bond acceptors (Lipinski definition) is 8. The summed E-state index contributed by atoms with van der Waals surface area (Å²) in [6, 6.07) is 8.88. The maximum atomic E-state index is 13.2. The third-order valence-corrected chi connectivity index (χ3v) is 5.94. The van der Waals surface area contributed by atoms with Crippen LogP contribution in [-0.4, -0.2) is 73.6 Å². The molecule has 1 aromatic rings. The molecule has 0 aliphatic carbocycles. The first kappa shape index (κ1) is 28.9. The Kier molecular flexibility index (Phi) is 11.8. The van der Waals surface area contributed by atoms with Crippen molar-refractivity contribution < 1.29 is 33.3 Å². The zero-order valence-electron chi connectivity index (χ0n) is 21.2. The van der Waals surface area contributed by atoms with Crippen LogP contribution in [0, 0.1) is 0 Å². The monoisotopic (exact) mass is 510 g/mol. The van der Waals surface area contributed by atoms with Gasteiger partial charge in [0.2, 0.25) is 0 Å². The normalized spacial score (nSPS) is 21.0. The molecular weight excluding hydrogens is 472 g/mol. The van der Waals surface area contributed by atoms with Crippen molar-refractivity contribution in [3.8, 4) is 0 Å². The van der Waals surface area contributed by atoms with E-state index in [0.29, 0.717) is 31.6 Å². The molecule has 10 heteroatoms. The summed E-state index contributed by atoms with van der Waals surface area (Å²) in [5.41, 5.74) is 0.364. The van der Waals surface area contributed by atoms with Crippen molar-refractivity contribution in [3.05, 3.63) is 35.9 Å². The lowest BCUT2D eigenvalue weighted by molar-refractivity contribution is -0.169. The molecule has 0 radical (unpaired) electrons. The number of benzene rings is 1. The first-order valence-corrected chi connectivity index (χ1v) is 13.2. The van der Waals surface area contributed by atoms with E-state index in [1.165, 1.54) is 7.11 Å². The van der Waals surface area contributed by atoms with Crippen LogP contribution in [0.5, 0.6) is 0 Å². The summed E-state index contributed by atoms with van der Waals surface area (Å²) in [5.74, 6) is -0.267. The minimum absolute atomic E-state index is 0.191. The van der Waals surface area contributed by atoms with E-state index < -0.39 is 47.9 Å². The summed E-state index contributed by atoms with van der Waals surface area (Å²) in [4.78, 5) is 37.5. The van der Waals surface area contributed by atoms with Crippen LogP contribution in [0.2, 0.25) is 0 Å². The van der Waals surface area contributed by atoms with Crippen LogP contribution < -0.4 is 10.6 Å². The lowest BCUT2D eigenvalue weighted by Crippen LogP contribution is -2.55. The van der Waals surface area contributed by atoms with Gasteiger partial charge in [-0.1, -0.05) is 30.3 Å². The molecule has 1 aromatic carbocycles. The number of rotatable bonds is 11. The average molecular weight is 511 g/mol. The van der Waals surface area contributed by atoms with Crippen LogP contribution in [0.15, 0.2) is 30.3 Å². The van der Waals surface area contributed by atoms with Gasteiger partial charge in [-0.3, -0.25) is 4.79 Å². The van der Waals surface area contributed by atoms with Gasteiger partial charge < -0.3 is 29.6 Å². The topological polar surface area (TPSA) is 112 Å². The number of amides is 2. The molecule has 1 saturated heterocycles. The van der Waals surface area contributed by atoms with Gasteiger partial charge in [0.1, 0.15) is 11.6 Å². The Balaban J connectivity index is 2.06. The molecule has 35 heavy (non-hydrogen) atoms. The van der Waals surface area contributed by atoms with E-state index in [-0.39, 0.29) is 6.54 Å². The third kappa shape index (κ3) is 10.5. The van der Waals surface area contributed by atoms with Gasteiger partial charge in [-0.2, -0.15) is 11.8 Å². The van der Waals surface area contributed by atoms with Gasteiger partial charge in [0.25, 0.3) is 5.91 Å². The Bertz CT molecular complexity index is 816. The lowest BCUT2D eigenvalue weighted by Gasteiger charge is -2.36. The van der Waals surface area contributed by atoms with Gasteiger partial charge in [0.05, 0.1) is 25.9 Å². The third-order valence-electron chi connectivity index (χ3n) is 5.30.